The average Bonchev–Trinajstić information content (AvgIpc) is 2.94. The maximum atomic E-state index is 12.8. The largest absolute Gasteiger partial charge is 0.393 e. The first-order valence-electron chi connectivity index (χ1n) is 9.65. The molecule has 1 saturated heterocycles. The molecule has 4 rings (SSSR count). The third kappa shape index (κ3) is 5.22. The number of nitrogens with one attached hydrogen (secondary N) is 1. The summed E-state index contributed by atoms with van der Waals surface area (Å²) < 4.78 is 38.3. The highest BCUT2D eigenvalue weighted by Gasteiger charge is 2.29. The van der Waals surface area contributed by atoms with Crippen molar-refractivity contribution in [2.75, 3.05) is 18.0 Å². The van der Waals surface area contributed by atoms with Gasteiger partial charge in [-0.1, -0.05) is 6.07 Å². The predicted molar refractivity (Wildman–Crippen MR) is 108 cm³/mol. The first-order valence-corrected chi connectivity index (χ1v) is 10.5. The van der Waals surface area contributed by atoms with Crippen LogP contribution in [0, 0.1) is 0 Å². The lowest BCUT2D eigenvalue weighted by Crippen LogP contribution is -2.31. The Morgan fingerprint density at radius 3 is 2.90 bits per heavy atom. The number of pyridine rings is 1. The highest BCUT2D eigenvalue weighted by atomic mass is 32.1. The van der Waals surface area contributed by atoms with E-state index in [9.17, 15) is 13.2 Å². The summed E-state index contributed by atoms with van der Waals surface area (Å²) in [7, 11) is 0. The lowest BCUT2D eigenvalue weighted by atomic mass is 10.1. The van der Waals surface area contributed by atoms with Gasteiger partial charge in [-0.25, -0.2) is 9.97 Å². The summed E-state index contributed by atoms with van der Waals surface area (Å²) in [6.07, 6.45) is 2.93. The van der Waals surface area contributed by atoms with E-state index < -0.39 is 12.6 Å². The van der Waals surface area contributed by atoms with Crippen molar-refractivity contribution in [3.05, 3.63) is 47.4 Å². The van der Waals surface area contributed by atoms with Crippen LogP contribution in [-0.4, -0.2) is 40.3 Å². The number of halogens is 3. The Morgan fingerprint density at radius 2 is 2.10 bits per heavy atom. The Labute approximate surface area is 171 Å². The molecule has 5 nitrogen and oxygen atoms in total. The number of hydrogen-bond acceptors (Lipinski definition) is 6. The molecular weight excluding hydrogens is 399 g/mol. The number of fused-ring (bicyclic) bond motifs is 1. The molecule has 1 fully saturated rings. The predicted octanol–water partition coefficient (Wildman–Crippen LogP) is 4.34. The van der Waals surface area contributed by atoms with Crippen molar-refractivity contribution in [1.29, 1.82) is 0 Å². The Balaban J connectivity index is 1.44. The Morgan fingerprint density at radius 1 is 1.21 bits per heavy atom. The van der Waals surface area contributed by atoms with Gasteiger partial charge in [0.2, 0.25) is 0 Å². The number of rotatable bonds is 5. The molecule has 154 valence electrons. The smallest absolute Gasteiger partial charge is 0.356 e. The molecule has 0 spiro atoms. The molecule has 4 heterocycles. The summed E-state index contributed by atoms with van der Waals surface area (Å²) in [6, 6.07) is 5.97. The second-order valence-corrected chi connectivity index (χ2v) is 8.39. The molecule has 1 N–H and O–H groups in total. The molecule has 0 aromatic carbocycles. The van der Waals surface area contributed by atoms with Gasteiger partial charge in [-0.2, -0.15) is 13.2 Å². The zero-order chi connectivity index (χ0) is 20.3. The molecule has 0 bridgehead atoms. The fraction of sp³-hybridized carbons (Fsp3) is 0.450. The molecule has 0 unspecified atom stereocenters. The van der Waals surface area contributed by atoms with Gasteiger partial charge in [-0.05, 0) is 37.0 Å². The molecular formula is C20H22F3N5S. The molecule has 0 saturated carbocycles. The van der Waals surface area contributed by atoms with Crippen LogP contribution >= 0.6 is 11.3 Å². The summed E-state index contributed by atoms with van der Waals surface area (Å²) in [5.74, 6) is 0.743. The molecule has 3 aromatic rings. The Hall–Kier alpha value is -2.26. The molecule has 9 heteroatoms. The van der Waals surface area contributed by atoms with Crippen LogP contribution < -0.4 is 10.2 Å². The van der Waals surface area contributed by atoms with Crippen molar-refractivity contribution in [3.63, 3.8) is 0 Å². The monoisotopic (exact) mass is 421 g/mol. The molecule has 1 aliphatic rings. The summed E-state index contributed by atoms with van der Waals surface area (Å²) >= 11 is 1.10. The van der Waals surface area contributed by atoms with Crippen LogP contribution in [0.1, 0.15) is 29.7 Å². The highest BCUT2D eigenvalue weighted by Crippen LogP contribution is 2.34. The second-order valence-electron chi connectivity index (χ2n) is 7.28. The Bertz CT molecular complexity index is 944. The molecule has 3 aromatic heterocycles. The normalized spacial score (nSPS) is 18.2. The van der Waals surface area contributed by atoms with Gasteiger partial charge in [0.25, 0.3) is 0 Å². The molecule has 29 heavy (non-hydrogen) atoms. The van der Waals surface area contributed by atoms with Crippen LogP contribution in [0.25, 0.3) is 10.2 Å². The van der Waals surface area contributed by atoms with E-state index >= 15 is 0 Å². The van der Waals surface area contributed by atoms with Crippen LogP contribution in [0.3, 0.4) is 0 Å². The fourth-order valence-corrected chi connectivity index (χ4v) is 4.73. The van der Waals surface area contributed by atoms with Crippen molar-refractivity contribution in [3.8, 4) is 0 Å². The molecule has 1 atom stereocenters. The van der Waals surface area contributed by atoms with E-state index in [1.54, 1.807) is 12.3 Å². The minimum Gasteiger partial charge on any atom is -0.356 e. The maximum Gasteiger partial charge on any atom is 0.393 e. The minimum atomic E-state index is -4.22. The summed E-state index contributed by atoms with van der Waals surface area (Å²) in [6.45, 7) is 2.42. The Kier molecular flexibility index (Phi) is 5.96. The van der Waals surface area contributed by atoms with E-state index in [0.717, 1.165) is 67.0 Å². The molecule has 0 amide bonds. The number of hydrogen-bond donors (Lipinski definition) is 1. The first kappa shape index (κ1) is 20.0. The lowest BCUT2D eigenvalue weighted by Gasteiger charge is -2.22. The van der Waals surface area contributed by atoms with Gasteiger partial charge in [0.05, 0.1) is 11.8 Å². The van der Waals surface area contributed by atoms with Gasteiger partial charge in [0.15, 0.2) is 0 Å². The van der Waals surface area contributed by atoms with Crippen LogP contribution in [-0.2, 0) is 13.0 Å². The van der Waals surface area contributed by atoms with Crippen LogP contribution in [0.5, 0.6) is 0 Å². The summed E-state index contributed by atoms with van der Waals surface area (Å²) in [4.78, 5) is 15.8. The number of thiophene rings is 1. The first-order chi connectivity index (χ1) is 14.0. The topological polar surface area (TPSA) is 53.9 Å². The SMILES string of the molecule is FC(F)(F)Cc1cc2c(N3CCC[C@@H](NCc4cccnc4)CC3)ncnc2s1. The van der Waals surface area contributed by atoms with E-state index in [1.807, 2.05) is 12.3 Å². The van der Waals surface area contributed by atoms with Gasteiger partial charge in [0.1, 0.15) is 17.0 Å². The average molecular weight is 421 g/mol. The van der Waals surface area contributed by atoms with E-state index in [-0.39, 0.29) is 4.88 Å². The van der Waals surface area contributed by atoms with Crippen molar-refractivity contribution in [2.24, 2.45) is 0 Å². The van der Waals surface area contributed by atoms with Crippen LogP contribution in [0.4, 0.5) is 19.0 Å². The fourth-order valence-electron chi connectivity index (χ4n) is 3.71. The summed E-state index contributed by atoms with van der Waals surface area (Å²) in [5, 5.41) is 4.32. The van der Waals surface area contributed by atoms with Gasteiger partial charge in [-0.15, -0.1) is 11.3 Å². The van der Waals surface area contributed by atoms with Crippen molar-refractivity contribution < 1.29 is 13.2 Å². The van der Waals surface area contributed by atoms with Gasteiger partial charge in [-0.3, -0.25) is 4.98 Å². The maximum absolute atomic E-state index is 12.8. The number of nitrogens with zero attached hydrogens (tertiary/aromatic N) is 4. The minimum absolute atomic E-state index is 0.278. The van der Waals surface area contributed by atoms with Crippen molar-refractivity contribution >= 4 is 27.4 Å². The quantitative estimate of drug-likeness (QED) is 0.664. The molecule has 1 aliphatic heterocycles. The van der Waals surface area contributed by atoms with E-state index in [4.69, 9.17) is 0 Å². The van der Waals surface area contributed by atoms with Gasteiger partial charge < -0.3 is 10.2 Å². The van der Waals surface area contributed by atoms with Crippen LogP contribution in [0.2, 0.25) is 0 Å². The lowest BCUT2D eigenvalue weighted by molar-refractivity contribution is -0.126. The zero-order valence-electron chi connectivity index (χ0n) is 15.8. The number of aromatic nitrogens is 3. The third-order valence-corrected chi connectivity index (χ3v) is 6.12. The van der Waals surface area contributed by atoms with Crippen molar-refractivity contribution in [2.45, 2.75) is 44.4 Å². The third-order valence-electron chi connectivity index (χ3n) is 5.08. The second kappa shape index (κ2) is 8.62. The standard InChI is InChI=1S/C20H22F3N5S/c21-20(22,23)10-16-9-17-18(26-13-27-19(17)29-16)28-7-2-4-15(5-8-28)25-12-14-3-1-6-24-11-14/h1,3,6,9,11,13,15,25H,2,4-5,7-8,10,12H2/t15-/m1/s1. The van der Waals surface area contributed by atoms with E-state index in [1.165, 1.54) is 6.33 Å². The van der Waals surface area contributed by atoms with Crippen molar-refractivity contribution in [1.82, 2.24) is 20.3 Å². The van der Waals surface area contributed by atoms with E-state index in [2.05, 4.69) is 31.2 Å². The molecule has 0 aliphatic carbocycles. The number of anilines is 1. The molecule has 0 radical (unpaired) electrons. The van der Waals surface area contributed by atoms with Crippen LogP contribution in [0.15, 0.2) is 36.9 Å². The highest BCUT2D eigenvalue weighted by molar-refractivity contribution is 7.18. The zero-order valence-corrected chi connectivity index (χ0v) is 16.6. The van der Waals surface area contributed by atoms with E-state index in [0.29, 0.717) is 10.9 Å². The van der Waals surface area contributed by atoms with Gasteiger partial charge in [0, 0.05) is 42.9 Å². The number of alkyl halides is 3. The van der Waals surface area contributed by atoms with Gasteiger partial charge >= 0.3 is 6.18 Å². The summed E-state index contributed by atoms with van der Waals surface area (Å²) in [5.41, 5.74) is 1.15.